The zero-order valence-corrected chi connectivity index (χ0v) is 24.4. The van der Waals surface area contributed by atoms with Gasteiger partial charge in [0.05, 0.1) is 18.8 Å². The van der Waals surface area contributed by atoms with Gasteiger partial charge in [0.25, 0.3) is 0 Å². The first kappa shape index (κ1) is 32.5. The molecule has 0 bridgehead atoms. The summed E-state index contributed by atoms with van der Waals surface area (Å²) in [5, 5.41) is 20.6. The second-order valence-corrected chi connectivity index (χ2v) is 11.0. The molecule has 0 saturated carbocycles. The molecular weight excluding hydrogens is 490 g/mol. The quantitative estimate of drug-likeness (QED) is 0.210. The van der Waals surface area contributed by atoms with Gasteiger partial charge in [-0.3, -0.25) is 9.59 Å². The summed E-state index contributed by atoms with van der Waals surface area (Å²) in [7, 11) is 0. The Hall–Kier alpha value is -2.74. The van der Waals surface area contributed by atoms with E-state index in [1.165, 1.54) is 0 Å². The fraction of sp³-hybridized carbons (Fsp3) is 0.562. The topological polar surface area (TPSA) is 99.7 Å². The maximum Gasteiger partial charge on any atom is 0.243 e. The fourth-order valence-corrected chi connectivity index (χ4v) is 4.40. The Morgan fingerprint density at radius 1 is 0.846 bits per heavy atom. The summed E-state index contributed by atoms with van der Waals surface area (Å²) in [5.74, 6) is -0.992. The minimum absolute atomic E-state index is 0.0179. The van der Waals surface area contributed by atoms with Gasteiger partial charge in [-0.15, -0.1) is 0 Å². The summed E-state index contributed by atoms with van der Waals surface area (Å²) in [4.78, 5) is 26.5. The molecule has 0 aliphatic carbocycles. The number of carbonyl (C=O) groups is 2. The lowest BCUT2D eigenvalue weighted by Gasteiger charge is -2.30. The van der Waals surface area contributed by atoms with Crippen LogP contribution in [0.1, 0.15) is 65.0 Å². The number of aliphatic hydroxyl groups excluding tert-OH is 1. The van der Waals surface area contributed by atoms with Gasteiger partial charge < -0.3 is 25.8 Å². The first-order valence-electron chi connectivity index (χ1n) is 14.4. The molecule has 7 nitrogen and oxygen atoms in total. The Labute approximate surface area is 235 Å². The van der Waals surface area contributed by atoms with E-state index in [1.807, 2.05) is 88.4 Å². The third kappa shape index (κ3) is 11.9. The van der Waals surface area contributed by atoms with Crippen LogP contribution < -0.4 is 16.0 Å². The highest BCUT2D eigenvalue weighted by Gasteiger charge is 2.32. The van der Waals surface area contributed by atoms with Crippen LogP contribution in [0.5, 0.6) is 0 Å². The van der Waals surface area contributed by atoms with E-state index in [1.54, 1.807) is 0 Å². The van der Waals surface area contributed by atoms with Crippen LogP contribution in [0.2, 0.25) is 0 Å². The molecule has 7 heteroatoms. The van der Waals surface area contributed by atoms with Gasteiger partial charge in [-0.2, -0.15) is 0 Å². The average Bonchev–Trinajstić information content (AvgIpc) is 2.93. The molecule has 2 aromatic rings. The summed E-state index contributed by atoms with van der Waals surface area (Å²) in [6.45, 7) is 11.9. The smallest absolute Gasteiger partial charge is 0.243 e. The molecule has 2 amide bonds. The Balaban J connectivity index is 2.04. The van der Waals surface area contributed by atoms with Gasteiger partial charge >= 0.3 is 0 Å². The molecule has 0 aliphatic rings. The second-order valence-electron chi connectivity index (χ2n) is 11.0. The monoisotopic (exact) mass is 539 g/mol. The van der Waals surface area contributed by atoms with Gasteiger partial charge in [-0.1, -0.05) is 102 Å². The summed E-state index contributed by atoms with van der Waals surface area (Å²) < 4.78 is 5.86. The first-order chi connectivity index (χ1) is 18.7. The van der Waals surface area contributed by atoms with Gasteiger partial charge in [0.1, 0.15) is 6.04 Å². The zero-order chi connectivity index (χ0) is 28.6. The Bertz CT molecular complexity index is 952. The highest BCUT2D eigenvalue weighted by atomic mass is 16.5. The molecule has 0 radical (unpaired) electrons. The van der Waals surface area contributed by atoms with E-state index in [0.29, 0.717) is 26.3 Å². The van der Waals surface area contributed by atoms with Crippen LogP contribution in [-0.4, -0.2) is 48.3 Å². The summed E-state index contributed by atoms with van der Waals surface area (Å²) in [6.07, 6.45) is 1.47. The molecular formula is C32H49N3O4. The van der Waals surface area contributed by atoms with Crippen molar-refractivity contribution in [1.29, 1.82) is 0 Å². The van der Waals surface area contributed by atoms with Crippen molar-refractivity contribution in [3.05, 3.63) is 71.8 Å². The maximum atomic E-state index is 13.5. The van der Waals surface area contributed by atoms with Crippen LogP contribution >= 0.6 is 0 Å². The predicted octanol–water partition coefficient (Wildman–Crippen LogP) is 4.44. The molecule has 216 valence electrons. The number of hydrogen-bond donors (Lipinski definition) is 4. The Morgan fingerprint density at radius 3 is 1.97 bits per heavy atom. The van der Waals surface area contributed by atoms with Crippen LogP contribution in [0.15, 0.2) is 60.7 Å². The normalized spacial score (nSPS) is 14.6. The molecule has 0 aliphatic heterocycles. The van der Waals surface area contributed by atoms with E-state index >= 15 is 0 Å². The molecule has 0 aromatic heterocycles. The van der Waals surface area contributed by atoms with Crippen molar-refractivity contribution in [2.24, 2.45) is 17.8 Å². The first-order valence-corrected chi connectivity index (χ1v) is 14.4. The van der Waals surface area contributed by atoms with Crippen molar-refractivity contribution in [1.82, 2.24) is 16.0 Å². The van der Waals surface area contributed by atoms with E-state index in [4.69, 9.17) is 4.74 Å². The largest absolute Gasteiger partial charge is 0.391 e. The summed E-state index contributed by atoms with van der Waals surface area (Å²) in [5.41, 5.74) is 2.11. The molecule has 2 aromatic carbocycles. The van der Waals surface area contributed by atoms with E-state index in [9.17, 15) is 14.7 Å². The lowest BCUT2D eigenvalue weighted by atomic mass is 9.86. The number of amides is 2. The fourth-order valence-electron chi connectivity index (χ4n) is 4.40. The number of ether oxygens (including phenoxy) is 1. The van der Waals surface area contributed by atoms with Crippen LogP contribution in [0.4, 0.5) is 0 Å². The lowest BCUT2D eigenvalue weighted by Crippen LogP contribution is -2.52. The highest BCUT2D eigenvalue weighted by molar-refractivity contribution is 5.88. The molecule has 4 N–H and O–H groups in total. The van der Waals surface area contributed by atoms with E-state index in [-0.39, 0.29) is 36.1 Å². The zero-order valence-electron chi connectivity index (χ0n) is 24.4. The van der Waals surface area contributed by atoms with E-state index in [0.717, 1.165) is 24.0 Å². The van der Waals surface area contributed by atoms with Crippen LogP contribution in [-0.2, 0) is 27.4 Å². The number of unbranched alkanes of at least 4 members (excludes halogenated alkanes) is 1. The third-order valence-corrected chi connectivity index (χ3v) is 7.01. The molecule has 0 unspecified atom stereocenters. The highest BCUT2D eigenvalue weighted by Crippen LogP contribution is 2.21. The molecule has 0 heterocycles. The van der Waals surface area contributed by atoms with Crippen LogP contribution in [0.25, 0.3) is 0 Å². The van der Waals surface area contributed by atoms with Crippen molar-refractivity contribution < 1.29 is 19.4 Å². The standard InChI is InChI=1S/C32H49N3O4/c1-6-7-18-39-22-28(33-20-25-14-10-8-11-15-25)29(36)19-27(23(2)3)31(37)35-30(24(4)5)32(38)34-21-26-16-12-9-13-17-26/h8-17,23-24,27-30,33,36H,6-7,18-22H2,1-5H3,(H,34,38)(H,35,37)/t27-,28-,29-,30-/m0/s1. The number of benzene rings is 2. The van der Waals surface area contributed by atoms with Crippen molar-refractivity contribution in [3.8, 4) is 0 Å². The Kier molecular flexibility index (Phi) is 14.8. The summed E-state index contributed by atoms with van der Waals surface area (Å²) in [6, 6.07) is 18.7. The molecule has 4 atom stereocenters. The molecule has 2 rings (SSSR count). The second kappa shape index (κ2) is 17.8. The van der Waals surface area contributed by atoms with Crippen LogP contribution in [0, 0.1) is 17.8 Å². The number of rotatable bonds is 18. The number of hydrogen-bond acceptors (Lipinski definition) is 5. The van der Waals surface area contributed by atoms with Gasteiger partial charge in [0.15, 0.2) is 0 Å². The molecule has 0 spiro atoms. The minimum atomic E-state index is -0.794. The molecule has 0 fully saturated rings. The molecule has 39 heavy (non-hydrogen) atoms. The van der Waals surface area contributed by atoms with Gasteiger partial charge in [-0.05, 0) is 35.8 Å². The van der Waals surface area contributed by atoms with Crippen molar-refractivity contribution >= 4 is 11.8 Å². The number of nitrogens with one attached hydrogen (secondary N) is 3. The van der Waals surface area contributed by atoms with E-state index < -0.39 is 18.1 Å². The van der Waals surface area contributed by atoms with Gasteiger partial charge in [0.2, 0.25) is 11.8 Å². The SMILES string of the molecule is CCCCOC[C@H](NCc1ccccc1)[C@@H](O)C[C@H](C(=O)N[C@H](C(=O)NCc1ccccc1)C(C)C)C(C)C. The third-order valence-electron chi connectivity index (χ3n) is 7.01. The summed E-state index contributed by atoms with van der Waals surface area (Å²) >= 11 is 0. The van der Waals surface area contributed by atoms with Crippen molar-refractivity contribution in [2.45, 2.75) is 85.2 Å². The minimum Gasteiger partial charge on any atom is -0.391 e. The predicted molar refractivity (Wildman–Crippen MR) is 157 cm³/mol. The van der Waals surface area contributed by atoms with Crippen molar-refractivity contribution in [2.75, 3.05) is 13.2 Å². The van der Waals surface area contributed by atoms with E-state index in [2.05, 4.69) is 22.9 Å². The number of aliphatic hydroxyl groups is 1. The number of carbonyl (C=O) groups excluding carboxylic acids is 2. The maximum absolute atomic E-state index is 13.5. The van der Waals surface area contributed by atoms with Crippen molar-refractivity contribution in [3.63, 3.8) is 0 Å². The average molecular weight is 540 g/mol. The lowest BCUT2D eigenvalue weighted by molar-refractivity contribution is -0.134. The van der Waals surface area contributed by atoms with Gasteiger partial charge in [-0.25, -0.2) is 0 Å². The van der Waals surface area contributed by atoms with Crippen LogP contribution in [0.3, 0.4) is 0 Å². The van der Waals surface area contributed by atoms with Gasteiger partial charge in [0, 0.05) is 25.6 Å². The molecule has 0 saturated heterocycles. The Morgan fingerprint density at radius 2 is 1.44 bits per heavy atom.